The number of ketones is 1. The number of carbonyl (C=O) groups excluding carboxylic acids is 2. The summed E-state index contributed by atoms with van der Waals surface area (Å²) in [5, 5.41) is 0.809. The van der Waals surface area contributed by atoms with Gasteiger partial charge in [-0.15, -0.1) is 0 Å². The van der Waals surface area contributed by atoms with Crippen molar-refractivity contribution >= 4 is 23.0 Å². The van der Waals surface area contributed by atoms with Crippen LogP contribution in [0.4, 0.5) is 0 Å². The van der Waals surface area contributed by atoms with E-state index < -0.39 is 5.78 Å². The summed E-state index contributed by atoms with van der Waals surface area (Å²) in [5.74, 6) is -0.0642. The van der Waals surface area contributed by atoms with Crippen LogP contribution in [0.15, 0.2) is 18.5 Å². The maximum absolute atomic E-state index is 11.9. The van der Waals surface area contributed by atoms with Crippen molar-refractivity contribution in [2.45, 2.75) is 31.6 Å². The van der Waals surface area contributed by atoms with E-state index in [1.165, 1.54) is 12.8 Å². The zero-order chi connectivity index (χ0) is 12.5. The van der Waals surface area contributed by atoms with Gasteiger partial charge in [0.2, 0.25) is 5.78 Å². The summed E-state index contributed by atoms with van der Waals surface area (Å²) in [6.07, 6.45) is 8.30. The topological polar surface area (TPSA) is 62.8 Å². The number of aromatic amines is 1. The minimum absolute atomic E-state index is 0.372. The van der Waals surface area contributed by atoms with Crippen LogP contribution in [-0.2, 0) is 4.79 Å². The van der Waals surface area contributed by atoms with Gasteiger partial charge in [0.25, 0.3) is 0 Å². The van der Waals surface area contributed by atoms with Crippen molar-refractivity contribution in [1.29, 1.82) is 0 Å². The molecule has 0 aromatic carbocycles. The predicted molar refractivity (Wildman–Crippen MR) is 67.7 cm³/mol. The van der Waals surface area contributed by atoms with E-state index in [0.29, 0.717) is 17.8 Å². The molecule has 4 heteroatoms. The smallest absolute Gasteiger partial charge is 0.227 e. The Balaban J connectivity index is 2.22. The number of fused-ring (bicyclic) bond motifs is 1. The van der Waals surface area contributed by atoms with Gasteiger partial charge in [-0.2, -0.15) is 0 Å². The molecule has 0 amide bonds. The first-order valence-electron chi connectivity index (χ1n) is 6.26. The van der Waals surface area contributed by atoms with Crippen LogP contribution < -0.4 is 0 Å². The molecule has 92 valence electrons. The second-order valence-electron chi connectivity index (χ2n) is 4.80. The predicted octanol–water partition coefficient (Wildman–Crippen LogP) is 2.60. The fraction of sp³-hybridized carbons (Fsp3) is 0.357. The van der Waals surface area contributed by atoms with Gasteiger partial charge in [0.1, 0.15) is 0 Å². The van der Waals surface area contributed by atoms with Crippen molar-refractivity contribution in [3.05, 3.63) is 29.7 Å². The number of hydrogen-bond acceptors (Lipinski definition) is 3. The van der Waals surface area contributed by atoms with Crippen LogP contribution in [0.1, 0.15) is 47.7 Å². The number of nitrogens with one attached hydrogen (secondary N) is 1. The maximum atomic E-state index is 11.9. The highest BCUT2D eigenvalue weighted by Crippen LogP contribution is 2.37. The Kier molecular flexibility index (Phi) is 2.70. The third-order valence-corrected chi connectivity index (χ3v) is 3.75. The van der Waals surface area contributed by atoms with E-state index in [2.05, 4.69) is 9.97 Å². The standard InChI is InChI=1S/C14H14N2O2/c17-8-12(18)13-10-5-6-15-7-11(10)16-14(13)9-3-1-2-4-9/h5-9,16H,1-4H2. The summed E-state index contributed by atoms with van der Waals surface area (Å²) >= 11 is 0. The van der Waals surface area contributed by atoms with E-state index in [4.69, 9.17) is 0 Å². The van der Waals surface area contributed by atoms with Gasteiger partial charge >= 0.3 is 0 Å². The van der Waals surface area contributed by atoms with Crippen molar-refractivity contribution in [2.24, 2.45) is 0 Å². The summed E-state index contributed by atoms with van der Waals surface area (Å²) in [6, 6.07) is 1.79. The van der Waals surface area contributed by atoms with Crippen molar-refractivity contribution in [2.75, 3.05) is 0 Å². The molecule has 0 atom stereocenters. The Morgan fingerprint density at radius 2 is 2.17 bits per heavy atom. The Morgan fingerprint density at radius 3 is 2.89 bits per heavy atom. The molecule has 0 bridgehead atoms. The normalized spacial score (nSPS) is 16.2. The van der Waals surface area contributed by atoms with Gasteiger partial charge in [0, 0.05) is 17.3 Å². The average molecular weight is 242 g/mol. The third-order valence-electron chi connectivity index (χ3n) is 3.75. The molecule has 0 aliphatic heterocycles. The van der Waals surface area contributed by atoms with Crippen LogP contribution >= 0.6 is 0 Å². The fourth-order valence-electron chi connectivity index (χ4n) is 2.91. The molecular formula is C14H14N2O2. The number of nitrogens with zero attached hydrogens (tertiary/aromatic N) is 1. The van der Waals surface area contributed by atoms with Crippen molar-refractivity contribution in [1.82, 2.24) is 9.97 Å². The Labute approximate surface area is 104 Å². The van der Waals surface area contributed by atoms with Gasteiger partial charge in [-0.25, -0.2) is 0 Å². The maximum Gasteiger partial charge on any atom is 0.227 e. The van der Waals surface area contributed by atoms with Crippen LogP contribution in [0.3, 0.4) is 0 Å². The number of aromatic nitrogens is 2. The molecule has 0 unspecified atom stereocenters. The lowest BCUT2D eigenvalue weighted by Crippen LogP contribution is -2.06. The first kappa shape index (κ1) is 11.1. The number of hydrogen-bond donors (Lipinski definition) is 1. The lowest BCUT2D eigenvalue weighted by atomic mass is 9.97. The van der Waals surface area contributed by atoms with Gasteiger partial charge in [-0.1, -0.05) is 12.8 Å². The first-order chi connectivity index (χ1) is 8.81. The Bertz CT molecular complexity index is 609. The SMILES string of the molecule is O=CC(=O)c1c(C2CCCC2)[nH]c2cnccc12. The Morgan fingerprint density at radius 1 is 1.39 bits per heavy atom. The molecule has 1 fully saturated rings. The highest BCUT2D eigenvalue weighted by atomic mass is 16.2. The van der Waals surface area contributed by atoms with Crippen LogP contribution in [0.5, 0.6) is 0 Å². The molecule has 0 spiro atoms. The first-order valence-corrected chi connectivity index (χ1v) is 6.26. The Hall–Kier alpha value is -1.97. The van der Waals surface area contributed by atoms with Crippen LogP contribution in [-0.4, -0.2) is 22.0 Å². The molecule has 2 heterocycles. The highest BCUT2D eigenvalue weighted by Gasteiger charge is 2.26. The summed E-state index contributed by atoms with van der Waals surface area (Å²) in [6.45, 7) is 0. The van der Waals surface area contributed by atoms with Crippen LogP contribution in [0.2, 0.25) is 0 Å². The minimum atomic E-state index is -0.436. The van der Waals surface area contributed by atoms with Crippen LogP contribution in [0.25, 0.3) is 10.9 Å². The van der Waals surface area contributed by atoms with Crippen molar-refractivity contribution in [3.8, 4) is 0 Å². The van der Waals surface area contributed by atoms with Gasteiger partial charge in [0.05, 0.1) is 17.3 Å². The van der Waals surface area contributed by atoms with E-state index in [1.807, 2.05) is 0 Å². The quantitative estimate of drug-likeness (QED) is 0.511. The van der Waals surface area contributed by atoms with Crippen molar-refractivity contribution < 1.29 is 9.59 Å². The van der Waals surface area contributed by atoms with Gasteiger partial charge in [-0.3, -0.25) is 14.6 Å². The monoisotopic (exact) mass is 242 g/mol. The lowest BCUT2D eigenvalue weighted by molar-refractivity contribution is -0.104. The number of rotatable bonds is 3. The fourth-order valence-corrected chi connectivity index (χ4v) is 2.91. The van der Waals surface area contributed by atoms with Crippen LogP contribution in [0, 0.1) is 0 Å². The molecule has 1 aliphatic carbocycles. The summed E-state index contributed by atoms with van der Waals surface area (Å²) in [5.41, 5.74) is 2.31. The molecule has 0 radical (unpaired) electrons. The molecule has 2 aromatic heterocycles. The van der Waals surface area contributed by atoms with E-state index in [-0.39, 0.29) is 0 Å². The van der Waals surface area contributed by atoms with E-state index in [9.17, 15) is 9.59 Å². The zero-order valence-corrected chi connectivity index (χ0v) is 9.98. The molecule has 1 saturated carbocycles. The van der Waals surface area contributed by atoms with Gasteiger partial charge in [-0.05, 0) is 24.8 Å². The molecule has 3 rings (SSSR count). The minimum Gasteiger partial charge on any atom is -0.356 e. The van der Waals surface area contributed by atoms with Crippen molar-refractivity contribution in [3.63, 3.8) is 0 Å². The second-order valence-corrected chi connectivity index (χ2v) is 4.80. The molecule has 0 saturated heterocycles. The average Bonchev–Trinajstić information content (AvgIpc) is 3.04. The zero-order valence-electron chi connectivity index (χ0n) is 9.98. The lowest BCUT2D eigenvalue weighted by Gasteiger charge is -2.08. The number of Topliss-reactive ketones (excluding diaryl/α,β-unsaturated/α-hetero) is 1. The largest absolute Gasteiger partial charge is 0.356 e. The van der Waals surface area contributed by atoms with E-state index in [0.717, 1.165) is 29.4 Å². The number of H-pyrrole nitrogens is 1. The molecule has 18 heavy (non-hydrogen) atoms. The summed E-state index contributed by atoms with van der Waals surface area (Å²) < 4.78 is 0. The second kappa shape index (κ2) is 4.37. The van der Waals surface area contributed by atoms with Gasteiger partial charge < -0.3 is 4.98 Å². The number of aldehydes is 1. The molecule has 4 nitrogen and oxygen atoms in total. The van der Waals surface area contributed by atoms with E-state index in [1.54, 1.807) is 18.5 Å². The van der Waals surface area contributed by atoms with E-state index >= 15 is 0 Å². The number of carbonyl (C=O) groups is 2. The summed E-state index contributed by atoms with van der Waals surface area (Å²) in [4.78, 5) is 30.0. The molecule has 1 N–H and O–H groups in total. The molecule has 2 aromatic rings. The summed E-state index contributed by atoms with van der Waals surface area (Å²) in [7, 11) is 0. The number of pyridine rings is 1. The highest BCUT2D eigenvalue weighted by molar-refractivity contribution is 6.36. The third kappa shape index (κ3) is 1.65. The molecule has 1 aliphatic rings. The van der Waals surface area contributed by atoms with Gasteiger partial charge in [0.15, 0.2) is 6.29 Å². The molecular weight excluding hydrogens is 228 g/mol.